The van der Waals surface area contributed by atoms with Crippen LogP contribution < -0.4 is 4.87 Å². The van der Waals surface area contributed by atoms with E-state index in [2.05, 4.69) is 49.7 Å². The first-order chi connectivity index (χ1) is 20.1. The van der Waals surface area contributed by atoms with Crippen LogP contribution in [0.3, 0.4) is 0 Å². The number of aromatic amines is 1. The molecule has 0 atom stereocenters. The predicted octanol–water partition coefficient (Wildman–Crippen LogP) is 4.37. The van der Waals surface area contributed by atoms with Crippen molar-refractivity contribution in [3.05, 3.63) is 63.3 Å². The number of H-pyrrole nitrogens is 1. The van der Waals surface area contributed by atoms with E-state index >= 15 is 0 Å². The van der Waals surface area contributed by atoms with Gasteiger partial charge in [0.2, 0.25) is 5.91 Å². The molecular formula is C31H44N4O6S. The molecule has 0 bridgehead atoms. The van der Waals surface area contributed by atoms with Gasteiger partial charge in [0.1, 0.15) is 11.3 Å². The van der Waals surface area contributed by atoms with Crippen molar-refractivity contribution in [2.24, 2.45) is 0 Å². The number of aromatic hydroxyl groups is 1. The number of ether oxygens (including phenoxy) is 1. The minimum atomic E-state index is -1.07. The van der Waals surface area contributed by atoms with Crippen molar-refractivity contribution in [1.82, 2.24) is 19.7 Å². The van der Waals surface area contributed by atoms with Crippen LogP contribution >= 0.6 is 11.3 Å². The molecule has 3 rings (SSSR count). The molecule has 10 nitrogen and oxygen atoms in total. The lowest BCUT2D eigenvalue weighted by Crippen LogP contribution is -2.44. The van der Waals surface area contributed by atoms with Gasteiger partial charge in [-0.15, -0.1) is 0 Å². The third-order valence-electron chi connectivity index (χ3n) is 7.61. The van der Waals surface area contributed by atoms with E-state index in [1.54, 1.807) is 11.0 Å². The second-order valence-corrected chi connectivity index (χ2v) is 11.9. The smallest absolute Gasteiger partial charge is 0.407 e. The highest BCUT2D eigenvalue weighted by Crippen LogP contribution is 2.28. The summed E-state index contributed by atoms with van der Waals surface area (Å²) >= 11 is 0.992. The number of nitrogens with zero attached hydrogens (tertiary/aromatic N) is 3. The second kappa shape index (κ2) is 15.7. The van der Waals surface area contributed by atoms with Crippen LogP contribution in [0.25, 0.3) is 10.2 Å². The summed E-state index contributed by atoms with van der Waals surface area (Å²) < 4.78 is 6.56. The molecule has 230 valence electrons. The molecule has 1 aromatic heterocycles. The molecule has 11 heteroatoms. The standard InChI is InChI=1S/C31H44N4O6S/c1-5-33(6-2)17-18-34(26(37)15-21-41-22-31(3,4)24-10-8-7-9-11-24)19-20-35(30(39)40)16-14-23-12-13-25(36)27-28(23)42-29(38)32-27/h7-13,36H,5-6,14-22H2,1-4H3,(H,32,38)(H,39,40). The van der Waals surface area contributed by atoms with Crippen LogP contribution in [0.4, 0.5) is 4.79 Å². The number of phenols is 1. The van der Waals surface area contributed by atoms with Crippen molar-refractivity contribution in [3.8, 4) is 5.75 Å². The predicted molar refractivity (Wildman–Crippen MR) is 167 cm³/mol. The molecule has 0 aliphatic heterocycles. The van der Waals surface area contributed by atoms with Crippen molar-refractivity contribution in [1.29, 1.82) is 0 Å². The van der Waals surface area contributed by atoms with E-state index in [0.717, 1.165) is 30.0 Å². The zero-order valence-corrected chi connectivity index (χ0v) is 25.9. The quantitative estimate of drug-likeness (QED) is 0.196. The topological polar surface area (TPSA) is 126 Å². The highest BCUT2D eigenvalue weighted by Gasteiger charge is 2.22. The van der Waals surface area contributed by atoms with E-state index in [-0.39, 0.29) is 54.6 Å². The molecule has 0 saturated carbocycles. The largest absolute Gasteiger partial charge is 0.506 e. The lowest BCUT2D eigenvalue weighted by molar-refractivity contribution is -0.133. The summed E-state index contributed by atoms with van der Waals surface area (Å²) in [7, 11) is 0. The maximum absolute atomic E-state index is 13.3. The SMILES string of the molecule is CCN(CC)CCN(CCN(CCc1ccc(O)c2[nH]c(=O)sc12)C(=O)O)C(=O)CCOCC(C)(C)c1ccccc1. The van der Waals surface area contributed by atoms with Crippen LogP contribution in [0.1, 0.15) is 45.2 Å². The summed E-state index contributed by atoms with van der Waals surface area (Å²) in [5, 5.41) is 20.0. The monoisotopic (exact) mass is 600 g/mol. The van der Waals surface area contributed by atoms with E-state index in [1.165, 1.54) is 16.5 Å². The zero-order valence-electron chi connectivity index (χ0n) is 25.1. The summed E-state index contributed by atoms with van der Waals surface area (Å²) in [6, 6.07) is 13.3. The van der Waals surface area contributed by atoms with E-state index in [1.807, 2.05) is 18.2 Å². The van der Waals surface area contributed by atoms with Crippen LogP contribution in [0.5, 0.6) is 5.75 Å². The summed E-state index contributed by atoms with van der Waals surface area (Å²) in [5.74, 6) is -0.0838. The first-order valence-corrected chi connectivity index (χ1v) is 15.3. The van der Waals surface area contributed by atoms with Crippen LogP contribution in [-0.2, 0) is 21.4 Å². The maximum Gasteiger partial charge on any atom is 0.407 e. The average molecular weight is 601 g/mol. The summed E-state index contributed by atoms with van der Waals surface area (Å²) in [6.45, 7) is 12.7. The Bertz CT molecular complexity index is 1350. The minimum Gasteiger partial charge on any atom is -0.506 e. The number of carbonyl (C=O) groups excluding carboxylic acids is 1. The molecule has 2 amide bonds. The fraction of sp³-hybridized carbons (Fsp3) is 0.516. The Morgan fingerprint density at radius 3 is 2.29 bits per heavy atom. The summed E-state index contributed by atoms with van der Waals surface area (Å²) in [5.41, 5.74) is 2.13. The van der Waals surface area contributed by atoms with Crippen molar-refractivity contribution in [2.45, 2.75) is 46.0 Å². The van der Waals surface area contributed by atoms with Crippen molar-refractivity contribution < 1.29 is 24.5 Å². The summed E-state index contributed by atoms with van der Waals surface area (Å²) in [6.07, 6.45) is -0.487. The Labute approximate surface area is 251 Å². The number of thiazole rings is 1. The third kappa shape index (κ3) is 9.30. The van der Waals surface area contributed by atoms with Gasteiger partial charge >= 0.3 is 11.0 Å². The Morgan fingerprint density at radius 2 is 1.62 bits per heavy atom. The lowest BCUT2D eigenvalue weighted by Gasteiger charge is -2.29. The highest BCUT2D eigenvalue weighted by atomic mass is 32.1. The van der Waals surface area contributed by atoms with Gasteiger partial charge in [-0.1, -0.05) is 75.4 Å². The molecular weight excluding hydrogens is 556 g/mol. The molecule has 0 unspecified atom stereocenters. The number of fused-ring (bicyclic) bond motifs is 1. The van der Waals surface area contributed by atoms with E-state index in [0.29, 0.717) is 36.3 Å². The normalized spacial score (nSPS) is 11.7. The molecule has 0 saturated heterocycles. The molecule has 0 aliphatic rings. The number of carbonyl (C=O) groups is 2. The number of rotatable bonds is 17. The van der Waals surface area contributed by atoms with E-state index in [4.69, 9.17) is 4.74 Å². The van der Waals surface area contributed by atoms with Gasteiger partial charge in [-0.3, -0.25) is 9.59 Å². The van der Waals surface area contributed by atoms with Crippen LogP contribution in [-0.4, -0.2) is 101 Å². The fourth-order valence-electron chi connectivity index (χ4n) is 4.85. The fourth-order valence-corrected chi connectivity index (χ4v) is 5.75. The van der Waals surface area contributed by atoms with Crippen molar-refractivity contribution in [3.63, 3.8) is 0 Å². The number of carboxylic acid groups (broad SMARTS) is 1. The molecule has 0 aliphatic carbocycles. The maximum atomic E-state index is 13.3. The average Bonchev–Trinajstić information content (AvgIpc) is 3.38. The highest BCUT2D eigenvalue weighted by molar-refractivity contribution is 7.16. The number of hydrogen-bond donors (Lipinski definition) is 3. The number of phenolic OH excluding ortho intramolecular Hbond substituents is 1. The minimum absolute atomic E-state index is 0.0165. The molecule has 3 aromatic rings. The molecule has 2 aromatic carbocycles. The Balaban J connectivity index is 1.59. The van der Waals surface area contributed by atoms with Gasteiger partial charge in [-0.25, -0.2) is 4.79 Å². The Morgan fingerprint density at radius 1 is 0.952 bits per heavy atom. The molecule has 3 N–H and O–H groups in total. The number of hydrogen-bond acceptors (Lipinski definition) is 7. The van der Waals surface area contributed by atoms with Gasteiger partial charge in [-0.2, -0.15) is 0 Å². The molecule has 0 radical (unpaired) electrons. The van der Waals surface area contributed by atoms with Gasteiger partial charge in [0, 0.05) is 38.1 Å². The van der Waals surface area contributed by atoms with Gasteiger partial charge in [-0.05, 0) is 36.7 Å². The molecule has 42 heavy (non-hydrogen) atoms. The lowest BCUT2D eigenvalue weighted by atomic mass is 9.86. The van der Waals surface area contributed by atoms with Gasteiger partial charge < -0.3 is 34.6 Å². The van der Waals surface area contributed by atoms with E-state index < -0.39 is 6.09 Å². The number of benzene rings is 2. The zero-order chi connectivity index (χ0) is 30.7. The molecule has 0 spiro atoms. The number of nitrogens with one attached hydrogen (secondary N) is 1. The summed E-state index contributed by atoms with van der Waals surface area (Å²) in [4.78, 5) is 44.8. The van der Waals surface area contributed by atoms with Crippen LogP contribution in [0.15, 0.2) is 47.3 Å². The number of likely N-dealkylation sites (N-methyl/N-ethyl adjacent to an activating group) is 1. The second-order valence-electron chi connectivity index (χ2n) is 10.9. The van der Waals surface area contributed by atoms with Crippen molar-refractivity contribution >= 4 is 33.6 Å². The first kappa shape index (κ1) is 33.1. The number of amides is 2. The third-order valence-corrected chi connectivity index (χ3v) is 8.57. The molecule has 1 heterocycles. The van der Waals surface area contributed by atoms with Crippen LogP contribution in [0, 0.1) is 0 Å². The van der Waals surface area contributed by atoms with E-state index in [9.17, 15) is 24.6 Å². The Hall–Kier alpha value is -3.41. The van der Waals surface area contributed by atoms with Gasteiger partial charge in [0.15, 0.2) is 0 Å². The molecule has 0 fully saturated rings. The Kier molecular flexibility index (Phi) is 12.4. The van der Waals surface area contributed by atoms with Gasteiger partial charge in [0.05, 0.1) is 24.3 Å². The first-order valence-electron chi connectivity index (χ1n) is 14.5. The van der Waals surface area contributed by atoms with Crippen molar-refractivity contribution in [2.75, 3.05) is 59.0 Å². The number of aromatic nitrogens is 1. The van der Waals surface area contributed by atoms with Gasteiger partial charge in [0.25, 0.3) is 0 Å². The van der Waals surface area contributed by atoms with Crippen LogP contribution in [0.2, 0.25) is 0 Å².